The second-order valence-electron chi connectivity index (χ2n) is 5.95. The minimum atomic E-state index is -0.477. The molecule has 5 heteroatoms. The summed E-state index contributed by atoms with van der Waals surface area (Å²) in [5, 5.41) is 5.19. The number of nitrogens with zero attached hydrogens (tertiary/aromatic N) is 2. The highest BCUT2D eigenvalue weighted by atomic mass is 16.5. The normalized spacial score (nSPS) is 17.0. The van der Waals surface area contributed by atoms with Gasteiger partial charge in [0.05, 0.1) is 19.7 Å². The number of rotatable bonds is 4. The number of methoxy groups -OCH3 is 1. The van der Waals surface area contributed by atoms with Gasteiger partial charge in [0.2, 0.25) is 5.96 Å². The number of hydrogen-bond donors (Lipinski definition) is 1. The van der Waals surface area contributed by atoms with Crippen LogP contribution < -0.4 is 5.32 Å². The van der Waals surface area contributed by atoms with Crippen molar-refractivity contribution in [1.29, 1.82) is 0 Å². The summed E-state index contributed by atoms with van der Waals surface area (Å²) in [7, 11) is 1.36. The number of guanidine groups is 1. The summed E-state index contributed by atoms with van der Waals surface area (Å²) in [5.41, 5.74) is 1.22. The molecule has 1 aliphatic rings. The lowest BCUT2D eigenvalue weighted by molar-refractivity contribution is 0.175. The van der Waals surface area contributed by atoms with Gasteiger partial charge in [-0.3, -0.25) is 10.3 Å². The number of hydrogen-bond acceptors (Lipinski definition) is 4. The summed E-state index contributed by atoms with van der Waals surface area (Å²) < 4.78 is 4.71. The fourth-order valence-electron chi connectivity index (χ4n) is 3.05. The van der Waals surface area contributed by atoms with Crippen molar-refractivity contribution in [1.82, 2.24) is 10.2 Å². The molecule has 1 aliphatic heterocycles. The Hall–Kier alpha value is -2.56. The van der Waals surface area contributed by atoms with Crippen LogP contribution in [-0.2, 0) is 4.74 Å². The fraction of sp³-hybridized carbons (Fsp3) is 0.368. The van der Waals surface area contributed by atoms with Gasteiger partial charge in [0.25, 0.3) is 0 Å². The molecule has 0 aliphatic carbocycles. The highest BCUT2D eigenvalue weighted by Gasteiger charge is 2.29. The SMILES string of the molecule is CCCCN1C(NC(=O)OC)=NCC1c1ccc2ccccc2c1. The number of carbonyl (C=O) groups excluding carboxylic acids is 1. The van der Waals surface area contributed by atoms with E-state index in [2.05, 4.69) is 58.5 Å². The topological polar surface area (TPSA) is 53.9 Å². The zero-order chi connectivity index (χ0) is 16.9. The smallest absolute Gasteiger partial charge is 0.413 e. The maximum absolute atomic E-state index is 11.6. The lowest BCUT2D eigenvalue weighted by atomic mass is 10.0. The molecule has 1 amide bonds. The molecule has 0 spiro atoms. The van der Waals surface area contributed by atoms with Crippen molar-refractivity contribution in [3.05, 3.63) is 48.0 Å². The highest BCUT2D eigenvalue weighted by molar-refractivity contribution is 5.95. The third-order valence-electron chi connectivity index (χ3n) is 4.37. The number of carbonyl (C=O) groups is 1. The Kier molecular flexibility index (Phi) is 4.99. The van der Waals surface area contributed by atoms with E-state index in [1.54, 1.807) is 0 Å². The van der Waals surface area contributed by atoms with Gasteiger partial charge < -0.3 is 9.64 Å². The van der Waals surface area contributed by atoms with Gasteiger partial charge >= 0.3 is 6.09 Å². The predicted octanol–water partition coefficient (Wildman–Crippen LogP) is 3.71. The maximum Gasteiger partial charge on any atom is 0.413 e. The van der Waals surface area contributed by atoms with Gasteiger partial charge in [0, 0.05) is 6.54 Å². The van der Waals surface area contributed by atoms with Crippen LogP contribution >= 0.6 is 0 Å². The third-order valence-corrected chi connectivity index (χ3v) is 4.37. The summed E-state index contributed by atoms with van der Waals surface area (Å²) in [6, 6.07) is 15.0. The molecule has 3 rings (SSSR count). The molecule has 0 bridgehead atoms. The lowest BCUT2D eigenvalue weighted by Gasteiger charge is -2.28. The highest BCUT2D eigenvalue weighted by Crippen LogP contribution is 2.29. The largest absolute Gasteiger partial charge is 0.453 e. The van der Waals surface area contributed by atoms with Crippen LogP contribution in [0.1, 0.15) is 31.4 Å². The first kappa shape index (κ1) is 16.3. The molecule has 0 fully saturated rings. The number of benzene rings is 2. The first-order valence-corrected chi connectivity index (χ1v) is 8.37. The molecule has 24 heavy (non-hydrogen) atoms. The van der Waals surface area contributed by atoms with Gasteiger partial charge in [-0.15, -0.1) is 0 Å². The number of aliphatic imine (C=N–C) groups is 1. The summed E-state index contributed by atoms with van der Waals surface area (Å²) >= 11 is 0. The van der Waals surface area contributed by atoms with E-state index in [1.165, 1.54) is 23.4 Å². The van der Waals surface area contributed by atoms with E-state index in [4.69, 9.17) is 4.74 Å². The third kappa shape index (κ3) is 3.35. The number of fused-ring (bicyclic) bond motifs is 1. The Labute approximate surface area is 142 Å². The number of amides is 1. The molecule has 0 saturated carbocycles. The Morgan fingerprint density at radius 2 is 2.08 bits per heavy atom. The average molecular weight is 325 g/mol. The first-order chi connectivity index (χ1) is 11.7. The monoisotopic (exact) mass is 325 g/mol. The fourth-order valence-corrected chi connectivity index (χ4v) is 3.05. The van der Waals surface area contributed by atoms with Crippen molar-refractivity contribution >= 4 is 22.8 Å². The first-order valence-electron chi connectivity index (χ1n) is 8.37. The zero-order valence-electron chi connectivity index (χ0n) is 14.2. The van der Waals surface area contributed by atoms with E-state index < -0.39 is 6.09 Å². The molecule has 1 atom stereocenters. The van der Waals surface area contributed by atoms with E-state index in [9.17, 15) is 4.79 Å². The molecule has 1 N–H and O–H groups in total. The molecule has 5 nitrogen and oxygen atoms in total. The van der Waals surface area contributed by atoms with Crippen molar-refractivity contribution in [2.24, 2.45) is 4.99 Å². The molecule has 126 valence electrons. The summed E-state index contributed by atoms with van der Waals surface area (Å²) in [6.45, 7) is 3.66. The van der Waals surface area contributed by atoms with Crippen LogP contribution in [0.5, 0.6) is 0 Å². The standard InChI is InChI=1S/C19H23N3O2/c1-3-4-11-22-17(13-20-18(22)21-19(23)24-2)16-10-9-14-7-5-6-8-15(14)12-16/h5-10,12,17H,3-4,11,13H2,1-2H3,(H,20,21,23). The Morgan fingerprint density at radius 1 is 1.29 bits per heavy atom. The van der Waals surface area contributed by atoms with Crippen molar-refractivity contribution in [2.45, 2.75) is 25.8 Å². The van der Waals surface area contributed by atoms with Crippen LogP contribution in [0.25, 0.3) is 10.8 Å². The van der Waals surface area contributed by atoms with E-state index >= 15 is 0 Å². The van der Waals surface area contributed by atoms with Crippen LogP contribution in [0.3, 0.4) is 0 Å². The molecular formula is C19H23N3O2. The number of ether oxygens (including phenoxy) is 1. The molecule has 0 saturated heterocycles. The van der Waals surface area contributed by atoms with E-state index in [0.717, 1.165) is 19.4 Å². The molecule has 0 aromatic heterocycles. The van der Waals surface area contributed by atoms with E-state index in [-0.39, 0.29) is 6.04 Å². The number of alkyl carbamates (subject to hydrolysis) is 1. The zero-order valence-corrected chi connectivity index (χ0v) is 14.2. The molecular weight excluding hydrogens is 302 g/mol. The van der Waals surface area contributed by atoms with Crippen LogP contribution in [0.4, 0.5) is 4.79 Å². The number of nitrogens with one attached hydrogen (secondary N) is 1. The number of unbranched alkanes of at least 4 members (excludes halogenated alkanes) is 1. The second kappa shape index (κ2) is 7.34. The van der Waals surface area contributed by atoms with Gasteiger partial charge in [-0.1, -0.05) is 49.7 Å². The van der Waals surface area contributed by atoms with E-state index in [1.807, 2.05) is 6.07 Å². The molecule has 1 heterocycles. The van der Waals surface area contributed by atoms with E-state index in [0.29, 0.717) is 12.5 Å². The van der Waals surface area contributed by atoms with Crippen LogP contribution in [0.2, 0.25) is 0 Å². The molecule has 0 radical (unpaired) electrons. The van der Waals surface area contributed by atoms with Crippen molar-refractivity contribution < 1.29 is 9.53 Å². The Morgan fingerprint density at radius 3 is 2.83 bits per heavy atom. The Bertz CT molecular complexity index is 757. The second-order valence-corrected chi connectivity index (χ2v) is 5.95. The van der Waals surface area contributed by atoms with Crippen molar-refractivity contribution in [2.75, 3.05) is 20.2 Å². The molecule has 1 unspecified atom stereocenters. The minimum absolute atomic E-state index is 0.147. The summed E-state index contributed by atoms with van der Waals surface area (Å²) in [5.74, 6) is 0.605. The summed E-state index contributed by atoms with van der Waals surface area (Å²) in [6.07, 6.45) is 1.66. The lowest BCUT2D eigenvalue weighted by Crippen LogP contribution is -2.43. The van der Waals surface area contributed by atoms with Gasteiger partial charge in [0.1, 0.15) is 0 Å². The van der Waals surface area contributed by atoms with Crippen LogP contribution in [-0.4, -0.2) is 37.2 Å². The Balaban J connectivity index is 1.86. The van der Waals surface area contributed by atoms with Gasteiger partial charge in [0.15, 0.2) is 0 Å². The van der Waals surface area contributed by atoms with Gasteiger partial charge in [-0.05, 0) is 28.8 Å². The van der Waals surface area contributed by atoms with Crippen LogP contribution in [0, 0.1) is 0 Å². The average Bonchev–Trinajstić information content (AvgIpc) is 3.01. The van der Waals surface area contributed by atoms with Crippen molar-refractivity contribution in [3.8, 4) is 0 Å². The van der Waals surface area contributed by atoms with Crippen molar-refractivity contribution in [3.63, 3.8) is 0 Å². The predicted molar refractivity (Wildman–Crippen MR) is 96.1 cm³/mol. The van der Waals surface area contributed by atoms with Crippen LogP contribution in [0.15, 0.2) is 47.5 Å². The molecule has 2 aromatic rings. The van der Waals surface area contributed by atoms with Gasteiger partial charge in [-0.2, -0.15) is 0 Å². The minimum Gasteiger partial charge on any atom is -0.453 e. The quantitative estimate of drug-likeness (QED) is 0.932. The maximum atomic E-state index is 11.6. The molecule has 2 aromatic carbocycles. The van der Waals surface area contributed by atoms with Gasteiger partial charge in [-0.25, -0.2) is 4.79 Å². The summed E-state index contributed by atoms with van der Waals surface area (Å²) in [4.78, 5) is 18.3.